The number of carbonyl (C=O) groups excluding carboxylic acids is 2. The van der Waals surface area contributed by atoms with E-state index in [4.69, 9.17) is 21.1 Å². The number of thioether (sulfide) groups is 1. The number of hydrogen-bond acceptors (Lipinski definition) is 9. The van der Waals surface area contributed by atoms with Crippen molar-refractivity contribution < 1.29 is 28.6 Å². The number of carbonyl (C=O) groups is 2. The molecular weight excluding hydrogens is 577 g/mol. The molecule has 0 saturated carbocycles. The molecule has 40 heavy (non-hydrogen) atoms. The Kier molecular flexibility index (Phi) is 7.18. The van der Waals surface area contributed by atoms with Gasteiger partial charge in [-0.2, -0.15) is 0 Å². The minimum atomic E-state index is -1.00. The minimum Gasteiger partial charge on any atom is -0.507 e. The maximum Gasteiger partial charge on any atom is 0.301 e. The van der Waals surface area contributed by atoms with Gasteiger partial charge in [0, 0.05) is 16.3 Å². The van der Waals surface area contributed by atoms with Crippen LogP contribution >= 0.6 is 34.7 Å². The second kappa shape index (κ2) is 10.9. The Morgan fingerprint density at radius 3 is 2.60 bits per heavy atom. The predicted octanol–water partition coefficient (Wildman–Crippen LogP) is 6.02. The molecular formula is C28H19ClFN3O5S2. The number of aliphatic hydroxyl groups excluding tert-OH is 1. The normalized spacial score (nSPS) is 17.9. The van der Waals surface area contributed by atoms with Gasteiger partial charge in [-0.05, 0) is 53.6 Å². The first kappa shape index (κ1) is 26.3. The van der Waals surface area contributed by atoms with Gasteiger partial charge in [0.25, 0.3) is 5.78 Å². The Morgan fingerprint density at radius 1 is 1.05 bits per heavy atom. The number of Topliss-reactive ketones (excluding diaryl/α,β-unsaturated/α-hetero) is 1. The van der Waals surface area contributed by atoms with Crippen LogP contribution < -0.4 is 14.4 Å². The van der Waals surface area contributed by atoms with Gasteiger partial charge in [-0.15, -0.1) is 10.2 Å². The van der Waals surface area contributed by atoms with Gasteiger partial charge >= 0.3 is 5.91 Å². The lowest BCUT2D eigenvalue weighted by Crippen LogP contribution is -2.29. The van der Waals surface area contributed by atoms with Crippen molar-refractivity contribution in [1.29, 1.82) is 0 Å². The maximum atomic E-state index is 13.4. The van der Waals surface area contributed by atoms with Gasteiger partial charge in [-0.25, -0.2) is 4.39 Å². The fourth-order valence-corrected chi connectivity index (χ4v) is 6.47. The van der Waals surface area contributed by atoms with Gasteiger partial charge < -0.3 is 14.6 Å². The molecule has 8 nitrogen and oxygen atoms in total. The molecule has 1 amide bonds. The molecule has 3 heterocycles. The summed E-state index contributed by atoms with van der Waals surface area (Å²) in [7, 11) is 0. The number of aliphatic hydroxyl groups is 1. The average molecular weight is 596 g/mol. The highest BCUT2D eigenvalue weighted by Crippen LogP contribution is 2.45. The van der Waals surface area contributed by atoms with Crippen molar-refractivity contribution in [3.05, 3.63) is 99.8 Å². The number of nitrogens with zero attached hydrogens (tertiary/aromatic N) is 3. The van der Waals surface area contributed by atoms with Crippen LogP contribution in [-0.4, -0.2) is 40.2 Å². The Bertz CT molecular complexity index is 1660. The molecule has 0 spiro atoms. The minimum absolute atomic E-state index is 0.111. The first-order valence-electron chi connectivity index (χ1n) is 12.1. The number of fused-ring (bicyclic) bond motifs is 1. The van der Waals surface area contributed by atoms with Crippen molar-refractivity contribution in [3.8, 4) is 11.5 Å². The van der Waals surface area contributed by atoms with Crippen molar-refractivity contribution in [2.45, 2.75) is 16.1 Å². The number of rotatable bonds is 6. The number of halogens is 2. The van der Waals surface area contributed by atoms with Crippen molar-refractivity contribution >= 4 is 57.3 Å². The lowest BCUT2D eigenvalue weighted by molar-refractivity contribution is -0.132. The van der Waals surface area contributed by atoms with Crippen molar-refractivity contribution in [2.75, 3.05) is 18.1 Å². The molecule has 1 N–H and O–H groups in total. The van der Waals surface area contributed by atoms with E-state index in [-0.39, 0.29) is 22.3 Å². The van der Waals surface area contributed by atoms with Crippen LogP contribution in [0.1, 0.15) is 22.7 Å². The number of ether oxygens (including phenoxy) is 2. The number of ketones is 1. The first-order valence-corrected chi connectivity index (χ1v) is 14.2. The molecule has 0 bridgehead atoms. The monoisotopic (exact) mass is 595 g/mol. The zero-order valence-electron chi connectivity index (χ0n) is 20.5. The zero-order valence-corrected chi connectivity index (χ0v) is 22.9. The SMILES string of the molecule is O=C1C(=O)N(c2nnc(SCc3ccc(F)cc3)s2)C(c2cccc(Cl)c2)/C1=C(/O)c1ccc2c(c1)OCCO2. The molecule has 2 aliphatic heterocycles. The summed E-state index contributed by atoms with van der Waals surface area (Å²) in [5.41, 5.74) is 1.59. The predicted molar refractivity (Wildman–Crippen MR) is 150 cm³/mol. The van der Waals surface area contributed by atoms with E-state index in [0.29, 0.717) is 51.0 Å². The fourth-order valence-electron chi connectivity index (χ4n) is 4.45. The molecule has 202 valence electrons. The van der Waals surface area contributed by atoms with Gasteiger partial charge in [-0.1, -0.05) is 59.0 Å². The van der Waals surface area contributed by atoms with E-state index in [1.165, 1.54) is 28.8 Å². The fraction of sp³-hybridized carbons (Fsp3) is 0.143. The van der Waals surface area contributed by atoms with Crippen LogP contribution in [0.4, 0.5) is 9.52 Å². The summed E-state index contributed by atoms with van der Waals surface area (Å²) in [4.78, 5) is 28.1. The van der Waals surface area contributed by atoms with Gasteiger partial charge in [0.15, 0.2) is 15.8 Å². The number of anilines is 1. The molecule has 0 aliphatic carbocycles. The summed E-state index contributed by atoms with van der Waals surface area (Å²) < 4.78 is 25.0. The van der Waals surface area contributed by atoms with Crippen LogP contribution in [0.15, 0.2) is 76.6 Å². The molecule has 2 aliphatic rings. The smallest absolute Gasteiger partial charge is 0.301 e. The highest BCUT2D eigenvalue weighted by atomic mass is 35.5. The summed E-state index contributed by atoms with van der Waals surface area (Å²) in [6.45, 7) is 0.757. The second-order valence-electron chi connectivity index (χ2n) is 8.85. The van der Waals surface area contributed by atoms with Gasteiger partial charge in [0.2, 0.25) is 5.13 Å². The third-order valence-corrected chi connectivity index (χ3v) is 8.66. The summed E-state index contributed by atoms with van der Waals surface area (Å²) >= 11 is 8.78. The van der Waals surface area contributed by atoms with E-state index in [1.807, 2.05) is 0 Å². The third-order valence-electron chi connectivity index (χ3n) is 6.30. The molecule has 4 aromatic rings. The lowest BCUT2D eigenvalue weighted by Gasteiger charge is -2.23. The van der Waals surface area contributed by atoms with Crippen LogP contribution in [0.25, 0.3) is 5.76 Å². The van der Waals surface area contributed by atoms with E-state index >= 15 is 0 Å². The van der Waals surface area contributed by atoms with E-state index in [2.05, 4.69) is 10.2 Å². The van der Waals surface area contributed by atoms with E-state index < -0.39 is 17.7 Å². The highest BCUT2D eigenvalue weighted by Gasteiger charge is 2.48. The Balaban J connectivity index is 1.38. The number of amides is 1. The molecule has 6 rings (SSSR count). The van der Waals surface area contributed by atoms with Crippen molar-refractivity contribution in [1.82, 2.24) is 10.2 Å². The van der Waals surface area contributed by atoms with Crippen molar-refractivity contribution in [2.24, 2.45) is 0 Å². The lowest BCUT2D eigenvalue weighted by atomic mass is 9.95. The Hall–Kier alpha value is -3.93. The van der Waals surface area contributed by atoms with Crippen molar-refractivity contribution in [3.63, 3.8) is 0 Å². The van der Waals surface area contributed by atoms with Crippen LogP contribution in [0.2, 0.25) is 5.02 Å². The maximum absolute atomic E-state index is 13.4. The summed E-state index contributed by atoms with van der Waals surface area (Å²) in [5, 5.41) is 20.4. The quantitative estimate of drug-likeness (QED) is 0.0949. The summed E-state index contributed by atoms with van der Waals surface area (Å²) in [5.74, 6) is -0.943. The molecule has 1 fully saturated rings. The van der Waals surface area contributed by atoms with E-state index in [9.17, 15) is 19.1 Å². The standard InChI is InChI=1S/C28H19ClFN3O5S2/c29-18-3-1-2-16(12-18)23-22(24(34)17-6-9-20-21(13-17)38-11-10-37-20)25(35)26(36)33(23)27-31-32-28(40-27)39-14-15-4-7-19(30)8-5-15/h1-9,12-13,23,34H,10-11,14H2/b24-22-. The number of hydrogen-bond donors (Lipinski definition) is 1. The van der Waals surface area contributed by atoms with Crippen LogP contribution in [0, 0.1) is 5.82 Å². The molecule has 0 radical (unpaired) electrons. The van der Waals surface area contributed by atoms with E-state index in [1.54, 1.807) is 54.6 Å². The third kappa shape index (κ3) is 5.03. The molecule has 3 aromatic carbocycles. The van der Waals surface area contributed by atoms with Gasteiger partial charge in [0.1, 0.15) is 24.8 Å². The van der Waals surface area contributed by atoms with Gasteiger partial charge in [0.05, 0.1) is 11.6 Å². The average Bonchev–Trinajstić information content (AvgIpc) is 3.54. The summed E-state index contributed by atoms with van der Waals surface area (Å²) in [6, 6.07) is 16.7. The zero-order chi connectivity index (χ0) is 27.8. The molecule has 1 aromatic heterocycles. The Labute approximate surface area is 241 Å². The number of benzene rings is 3. The number of aromatic nitrogens is 2. The second-order valence-corrected chi connectivity index (χ2v) is 11.5. The molecule has 1 unspecified atom stereocenters. The first-order chi connectivity index (χ1) is 19.4. The largest absolute Gasteiger partial charge is 0.507 e. The topological polar surface area (TPSA) is 102 Å². The van der Waals surface area contributed by atoms with Crippen LogP contribution in [0.3, 0.4) is 0 Å². The van der Waals surface area contributed by atoms with Gasteiger partial charge in [-0.3, -0.25) is 14.5 Å². The molecule has 12 heteroatoms. The van der Waals surface area contributed by atoms with E-state index in [0.717, 1.165) is 16.9 Å². The van der Waals surface area contributed by atoms with Crippen LogP contribution in [0.5, 0.6) is 11.5 Å². The Morgan fingerprint density at radius 2 is 1.82 bits per heavy atom. The molecule has 1 saturated heterocycles. The van der Waals surface area contributed by atoms with Crippen LogP contribution in [-0.2, 0) is 15.3 Å². The molecule has 1 atom stereocenters. The highest BCUT2D eigenvalue weighted by molar-refractivity contribution is 8.00. The summed E-state index contributed by atoms with van der Waals surface area (Å²) in [6.07, 6.45) is 0.